The second-order valence-electron chi connectivity index (χ2n) is 7.53. The van der Waals surface area contributed by atoms with E-state index in [2.05, 4.69) is 52.6 Å². The van der Waals surface area contributed by atoms with Crippen LogP contribution < -0.4 is 0 Å². The first-order valence-electron chi connectivity index (χ1n) is 10.9. The van der Waals surface area contributed by atoms with Gasteiger partial charge in [0.05, 0.1) is 23.6 Å². The molecule has 154 valence electrons. The van der Waals surface area contributed by atoms with Gasteiger partial charge in [0, 0.05) is 0 Å². The number of nitrogens with zero attached hydrogens (tertiary/aromatic N) is 1. The van der Waals surface area contributed by atoms with Gasteiger partial charge in [-0.15, -0.1) is 0 Å². The summed E-state index contributed by atoms with van der Waals surface area (Å²) in [7, 11) is -1.62. The molecule has 4 heteroatoms. The highest BCUT2D eigenvalue weighted by Crippen LogP contribution is 2.35. The molecule has 0 radical (unpaired) electrons. The summed E-state index contributed by atoms with van der Waals surface area (Å²) in [5.41, 5.74) is 2.99. The molecular formula is C23H41NO2Si. The first-order chi connectivity index (χ1) is 13.0. The Balaban J connectivity index is 2.95. The van der Waals surface area contributed by atoms with Gasteiger partial charge in [-0.2, -0.15) is 0 Å². The molecule has 1 heterocycles. The van der Waals surface area contributed by atoms with Gasteiger partial charge in [0.25, 0.3) is 0 Å². The summed E-state index contributed by atoms with van der Waals surface area (Å²) in [5, 5.41) is 9.35. The molecule has 0 aromatic carbocycles. The van der Waals surface area contributed by atoms with Crippen LogP contribution in [-0.4, -0.2) is 24.0 Å². The lowest BCUT2D eigenvalue weighted by molar-refractivity contribution is 0.0397. The van der Waals surface area contributed by atoms with E-state index in [0.717, 1.165) is 43.5 Å². The summed E-state index contributed by atoms with van der Waals surface area (Å²) >= 11 is 0. The molecular weight excluding hydrogens is 350 g/mol. The Bertz CT molecular complexity index is 569. The monoisotopic (exact) mass is 391 g/mol. The predicted molar refractivity (Wildman–Crippen MR) is 119 cm³/mol. The van der Waals surface area contributed by atoms with Gasteiger partial charge in [0.1, 0.15) is 0 Å². The molecule has 1 rings (SSSR count). The molecule has 0 saturated heterocycles. The molecule has 0 unspecified atom stereocenters. The molecule has 0 aliphatic carbocycles. The Hall–Kier alpha value is -0.973. The van der Waals surface area contributed by atoms with Crippen LogP contribution in [0.25, 0.3) is 5.57 Å². The minimum atomic E-state index is -1.62. The summed E-state index contributed by atoms with van der Waals surface area (Å²) in [6, 6.07) is 9.50. The van der Waals surface area contributed by atoms with Crippen LogP contribution in [0.5, 0.6) is 0 Å². The zero-order chi connectivity index (χ0) is 20.3. The number of allylic oxidation sites excluding steroid dienone is 2. The van der Waals surface area contributed by atoms with Gasteiger partial charge in [-0.1, -0.05) is 53.7 Å². The van der Waals surface area contributed by atoms with Crippen molar-refractivity contribution >= 4 is 13.9 Å². The van der Waals surface area contributed by atoms with E-state index in [1.165, 1.54) is 23.7 Å². The number of aromatic nitrogens is 1. The van der Waals surface area contributed by atoms with Crippen LogP contribution in [0.1, 0.15) is 85.0 Å². The van der Waals surface area contributed by atoms with Crippen LogP contribution in [0.4, 0.5) is 0 Å². The van der Waals surface area contributed by atoms with Gasteiger partial charge in [-0.3, -0.25) is 4.98 Å². The van der Waals surface area contributed by atoms with E-state index < -0.39 is 8.32 Å². The molecule has 0 amide bonds. The topological polar surface area (TPSA) is 42.4 Å². The van der Waals surface area contributed by atoms with Crippen molar-refractivity contribution in [3.63, 3.8) is 0 Å². The summed E-state index contributed by atoms with van der Waals surface area (Å²) in [6.07, 6.45) is 7.51. The molecule has 0 fully saturated rings. The summed E-state index contributed by atoms with van der Waals surface area (Å²) in [4.78, 5) is 4.57. The smallest absolute Gasteiger partial charge is 0.192 e. The number of aliphatic hydroxyl groups excluding tert-OH is 1. The van der Waals surface area contributed by atoms with Crippen molar-refractivity contribution in [1.29, 1.82) is 0 Å². The second kappa shape index (κ2) is 11.8. The van der Waals surface area contributed by atoms with E-state index >= 15 is 0 Å². The first-order valence-corrected chi connectivity index (χ1v) is 13.5. The maximum Gasteiger partial charge on any atom is 0.192 e. The largest absolute Gasteiger partial charge is 0.411 e. The first kappa shape index (κ1) is 24.1. The van der Waals surface area contributed by atoms with E-state index in [0.29, 0.717) is 0 Å². The molecule has 0 aliphatic heterocycles. The van der Waals surface area contributed by atoms with Crippen LogP contribution in [-0.2, 0) is 11.0 Å². The zero-order valence-corrected chi connectivity index (χ0v) is 19.5. The van der Waals surface area contributed by atoms with E-state index in [1.54, 1.807) is 0 Å². The summed E-state index contributed by atoms with van der Waals surface area (Å²) in [5.74, 6) is 0. The Morgan fingerprint density at radius 3 is 2.19 bits per heavy atom. The van der Waals surface area contributed by atoms with Gasteiger partial charge < -0.3 is 9.53 Å². The lowest BCUT2D eigenvalue weighted by Gasteiger charge is -2.42. The fourth-order valence-electron chi connectivity index (χ4n) is 3.91. The Morgan fingerprint density at radius 2 is 1.70 bits per heavy atom. The van der Waals surface area contributed by atoms with E-state index in [-0.39, 0.29) is 12.2 Å². The predicted octanol–water partition coefficient (Wildman–Crippen LogP) is 6.73. The van der Waals surface area contributed by atoms with Gasteiger partial charge in [-0.05, 0) is 67.9 Å². The van der Waals surface area contributed by atoms with Crippen LogP contribution in [0.2, 0.25) is 18.1 Å². The van der Waals surface area contributed by atoms with Crippen molar-refractivity contribution < 1.29 is 9.53 Å². The third-order valence-electron chi connectivity index (χ3n) is 6.32. The highest BCUT2D eigenvalue weighted by atomic mass is 28.4. The lowest BCUT2D eigenvalue weighted by atomic mass is 9.91. The molecule has 27 heavy (non-hydrogen) atoms. The summed E-state index contributed by atoms with van der Waals surface area (Å²) in [6.45, 7) is 13.6. The maximum absolute atomic E-state index is 9.35. The fourth-order valence-corrected chi connectivity index (χ4v) is 7.15. The Morgan fingerprint density at radius 1 is 1.07 bits per heavy atom. The molecule has 0 spiro atoms. The third kappa shape index (κ3) is 6.55. The Kier molecular flexibility index (Phi) is 10.5. The van der Waals surface area contributed by atoms with Gasteiger partial charge in [0.2, 0.25) is 0 Å². The zero-order valence-electron chi connectivity index (χ0n) is 18.5. The van der Waals surface area contributed by atoms with Crippen LogP contribution in [0, 0.1) is 0 Å². The van der Waals surface area contributed by atoms with E-state index in [9.17, 15) is 5.11 Å². The molecule has 1 aromatic heterocycles. The molecule has 0 atom stereocenters. The molecule has 1 aromatic rings. The normalized spacial score (nSPS) is 13.2. The van der Waals surface area contributed by atoms with Crippen molar-refractivity contribution in [3.05, 3.63) is 35.7 Å². The number of rotatable bonds is 13. The van der Waals surface area contributed by atoms with Crippen molar-refractivity contribution in [2.45, 2.75) is 104 Å². The highest BCUT2D eigenvalue weighted by Gasteiger charge is 2.38. The van der Waals surface area contributed by atoms with Crippen molar-refractivity contribution in [1.82, 2.24) is 4.98 Å². The number of hydrogen-bond acceptors (Lipinski definition) is 3. The maximum atomic E-state index is 9.35. The van der Waals surface area contributed by atoms with Crippen LogP contribution in [0.3, 0.4) is 0 Å². The molecule has 0 saturated carbocycles. The van der Waals surface area contributed by atoms with Crippen molar-refractivity contribution in [2.75, 3.05) is 0 Å². The van der Waals surface area contributed by atoms with Crippen LogP contribution >= 0.6 is 0 Å². The minimum absolute atomic E-state index is 0.00395. The number of aliphatic hydroxyl groups is 1. The van der Waals surface area contributed by atoms with Crippen molar-refractivity contribution in [3.8, 4) is 0 Å². The van der Waals surface area contributed by atoms with E-state index in [1.807, 2.05) is 18.2 Å². The molecule has 3 nitrogen and oxygen atoms in total. The number of hydrogen-bond donors (Lipinski definition) is 1. The standard InChI is InChI=1S/C23H41NO2Si/c1-7-20(22-17-13-16-21(19-25)24-22)15-14-18-23(8-2,9-3)26-27(10-4,11-5)12-6/h13,15-17,25H,7-12,14,18-19H2,1-6H3/b20-15-. The fraction of sp³-hybridized carbons (Fsp3) is 0.696. The van der Waals surface area contributed by atoms with Gasteiger partial charge in [-0.25, -0.2) is 0 Å². The quantitative estimate of drug-likeness (QED) is 0.379. The SMILES string of the molecule is CC/C(=C/CCC(CC)(CC)O[Si](CC)(CC)CC)c1cccc(CO)n1. The molecule has 0 bridgehead atoms. The minimum Gasteiger partial charge on any atom is -0.411 e. The molecule has 1 N–H and O–H groups in total. The highest BCUT2D eigenvalue weighted by molar-refractivity contribution is 6.73. The average Bonchev–Trinajstić information content (AvgIpc) is 2.74. The van der Waals surface area contributed by atoms with Gasteiger partial charge in [0.15, 0.2) is 8.32 Å². The number of pyridine rings is 1. The van der Waals surface area contributed by atoms with E-state index in [4.69, 9.17) is 4.43 Å². The lowest BCUT2D eigenvalue weighted by Crippen LogP contribution is -2.46. The second-order valence-corrected chi connectivity index (χ2v) is 12.2. The summed E-state index contributed by atoms with van der Waals surface area (Å²) < 4.78 is 6.99. The molecule has 0 aliphatic rings. The van der Waals surface area contributed by atoms with Gasteiger partial charge >= 0.3 is 0 Å². The average molecular weight is 392 g/mol. The van der Waals surface area contributed by atoms with Crippen molar-refractivity contribution in [2.24, 2.45) is 0 Å². The Labute approximate surface area is 168 Å². The van der Waals surface area contributed by atoms with Crippen LogP contribution in [0.15, 0.2) is 24.3 Å². The third-order valence-corrected chi connectivity index (χ3v) is 11.1.